The molecule has 0 aromatic heterocycles. The summed E-state index contributed by atoms with van der Waals surface area (Å²) in [6.45, 7) is 0.266. The van der Waals surface area contributed by atoms with Crippen molar-refractivity contribution in [2.45, 2.75) is 11.3 Å². The molecule has 0 saturated heterocycles. The molecule has 0 amide bonds. The fraction of sp³-hybridized carbons (Fsp3) is 0.200. The molecule has 0 fully saturated rings. The van der Waals surface area contributed by atoms with Crippen molar-refractivity contribution in [3.8, 4) is 0 Å². The maximum Gasteiger partial charge on any atom is 0.240 e. The molecule has 21 heavy (non-hydrogen) atoms. The van der Waals surface area contributed by atoms with E-state index < -0.39 is 10.0 Å². The van der Waals surface area contributed by atoms with E-state index in [1.54, 1.807) is 43.4 Å². The van der Waals surface area contributed by atoms with E-state index in [1.807, 2.05) is 0 Å². The molecule has 0 aliphatic heterocycles. The van der Waals surface area contributed by atoms with Gasteiger partial charge in [0.25, 0.3) is 0 Å². The van der Waals surface area contributed by atoms with Crippen LogP contribution in [0.5, 0.6) is 0 Å². The molecule has 0 aliphatic carbocycles. The van der Waals surface area contributed by atoms with Gasteiger partial charge in [-0.05, 0) is 48.4 Å². The van der Waals surface area contributed by atoms with Gasteiger partial charge in [0.15, 0.2) is 0 Å². The molecule has 0 heterocycles. The highest BCUT2D eigenvalue weighted by molar-refractivity contribution is 7.89. The third-order valence-corrected chi connectivity index (χ3v) is 4.55. The second-order valence-corrected chi connectivity index (χ2v) is 6.32. The van der Waals surface area contributed by atoms with Crippen molar-refractivity contribution in [2.75, 3.05) is 18.9 Å². The number of rotatable bonds is 6. The quantitative estimate of drug-likeness (QED) is 0.861. The molecule has 0 atom stereocenters. The Hall–Kier alpha value is -1.92. The molecule has 0 unspecified atom stereocenters. The Labute approximate surface area is 124 Å². The normalized spacial score (nSPS) is 11.3. The fourth-order valence-electron chi connectivity index (χ4n) is 1.86. The number of hydrogen-bond donors (Lipinski definition) is 2. The minimum atomic E-state index is -3.52. The third-order valence-electron chi connectivity index (χ3n) is 3.07. The zero-order chi connectivity index (χ0) is 15.3. The Bertz CT molecular complexity index is 683. The molecule has 0 radical (unpaired) electrons. The smallest absolute Gasteiger partial charge is 0.240 e. The number of anilines is 1. The van der Waals surface area contributed by atoms with Gasteiger partial charge in [-0.1, -0.05) is 12.1 Å². The van der Waals surface area contributed by atoms with Gasteiger partial charge in [0.05, 0.1) is 4.90 Å². The number of nitrogens with one attached hydrogen (secondary N) is 2. The van der Waals surface area contributed by atoms with E-state index in [1.165, 1.54) is 12.1 Å². The first-order valence-electron chi connectivity index (χ1n) is 6.53. The van der Waals surface area contributed by atoms with Gasteiger partial charge in [-0.2, -0.15) is 0 Å². The molecule has 6 heteroatoms. The molecular weight excluding hydrogens is 291 g/mol. The molecule has 0 bridgehead atoms. The minimum Gasteiger partial charge on any atom is -0.388 e. The van der Waals surface area contributed by atoms with Crippen molar-refractivity contribution >= 4 is 15.7 Å². The van der Waals surface area contributed by atoms with Crippen LogP contribution in [0.15, 0.2) is 53.4 Å². The molecule has 0 saturated carbocycles. The van der Waals surface area contributed by atoms with Gasteiger partial charge in [-0.25, -0.2) is 17.5 Å². The van der Waals surface area contributed by atoms with Crippen molar-refractivity contribution in [2.24, 2.45) is 0 Å². The van der Waals surface area contributed by atoms with Gasteiger partial charge in [-0.15, -0.1) is 0 Å². The summed E-state index contributed by atoms with van der Waals surface area (Å²) in [7, 11) is -1.75. The topological polar surface area (TPSA) is 58.2 Å². The summed E-state index contributed by atoms with van der Waals surface area (Å²) in [5.41, 5.74) is 1.73. The summed E-state index contributed by atoms with van der Waals surface area (Å²) < 4.78 is 39.5. The summed E-state index contributed by atoms with van der Waals surface area (Å²) in [6, 6.07) is 12.5. The van der Waals surface area contributed by atoms with Gasteiger partial charge >= 0.3 is 0 Å². The van der Waals surface area contributed by atoms with E-state index in [4.69, 9.17) is 0 Å². The maximum atomic E-state index is 12.8. The molecular formula is C15H17FN2O2S. The fourth-order valence-corrected chi connectivity index (χ4v) is 2.90. The van der Waals surface area contributed by atoms with Crippen molar-refractivity contribution in [1.82, 2.24) is 4.72 Å². The number of hydrogen-bond acceptors (Lipinski definition) is 3. The second-order valence-electron chi connectivity index (χ2n) is 4.55. The molecule has 2 N–H and O–H groups in total. The van der Waals surface area contributed by atoms with Crippen LogP contribution in [0.1, 0.15) is 5.56 Å². The first-order chi connectivity index (χ1) is 10.0. The summed E-state index contributed by atoms with van der Waals surface area (Å²) in [4.78, 5) is 0.223. The van der Waals surface area contributed by atoms with E-state index >= 15 is 0 Å². The Kier molecular flexibility index (Phi) is 4.93. The lowest BCUT2D eigenvalue weighted by atomic mass is 10.1. The van der Waals surface area contributed by atoms with Crippen molar-refractivity contribution in [1.29, 1.82) is 0 Å². The largest absolute Gasteiger partial charge is 0.388 e. The van der Waals surface area contributed by atoms with Crippen LogP contribution in [0, 0.1) is 5.82 Å². The van der Waals surface area contributed by atoms with Crippen LogP contribution in [0.2, 0.25) is 0 Å². The first kappa shape index (κ1) is 15.5. The Morgan fingerprint density at radius 2 is 1.62 bits per heavy atom. The van der Waals surface area contributed by atoms with Crippen LogP contribution in [0.4, 0.5) is 10.1 Å². The SMILES string of the molecule is CNc1ccc(S(=O)(=O)NCCc2ccc(F)cc2)cc1. The van der Waals surface area contributed by atoms with Crippen LogP contribution in [-0.4, -0.2) is 22.0 Å². The monoisotopic (exact) mass is 308 g/mol. The zero-order valence-corrected chi connectivity index (χ0v) is 12.5. The second kappa shape index (κ2) is 6.69. The molecule has 112 valence electrons. The molecule has 4 nitrogen and oxygen atoms in total. The Balaban J connectivity index is 1.95. The molecule has 2 aromatic carbocycles. The Morgan fingerprint density at radius 3 is 2.19 bits per heavy atom. The van der Waals surface area contributed by atoms with Gasteiger partial charge in [0.2, 0.25) is 10.0 Å². The van der Waals surface area contributed by atoms with Gasteiger partial charge in [0.1, 0.15) is 5.82 Å². The number of sulfonamides is 1. The lowest BCUT2D eigenvalue weighted by molar-refractivity contribution is 0.581. The van der Waals surface area contributed by atoms with Crippen LogP contribution < -0.4 is 10.0 Å². The molecule has 0 spiro atoms. The number of benzene rings is 2. The highest BCUT2D eigenvalue weighted by Crippen LogP contribution is 2.13. The van der Waals surface area contributed by atoms with E-state index in [2.05, 4.69) is 10.0 Å². The maximum absolute atomic E-state index is 12.8. The van der Waals surface area contributed by atoms with Crippen molar-refractivity contribution in [3.05, 3.63) is 59.9 Å². The average Bonchev–Trinajstić information content (AvgIpc) is 2.49. The standard InChI is InChI=1S/C15H17FN2O2S/c1-17-14-6-8-15(9-7-14)21(19,20)18-11-10-12-2-4-13(16)5-3-12/h2-9,17-18H,10-11H2,1H3. The summed E-state index contributed by atoms with van der Waals surface area (Å²) in [5, 5.41) is 2.93. The van der Waals surface area contributed by atoms with Crippen molar-refractivity contribution < 1.29 is 12.8 Å². The van der Waals surface area contributed by atoms with Gasteiger partial charge in [-0.3, -0.25) is 0 Å². The minimum absolute atomic E-state index is 0.223. The van der Waals surface area contributed by atoms with E-state index in [0.29, 0.717) is 6.42 Å². The first-order valence-corrected chi connectivity index (χ1v) is 8.01. The van der Waals surface area contributed by atoms with Crippen LogP contribution >= 0.6 is 0 Å². The molecule has 2 rings (SSSR count). The predicted molar refractivity (Wildman–Crippen MR) is 81.3 cm³/mol. The average molecular weight is 308 g/mol. The summed E-state index contributed by atoms with van der Waals surface area (Å²) in [5.74, 6) is -0.302. The predicted octanol–water partition coefficient (Wildman–Crippen LogP) is 2.39. The third kappa shape index (κ3) is 4.27. The van der Waals surface area contributed by atoms with Crippen molar-refractivity contribution in [3.63, 3.8) is 0 Å². The highest BCUT2D eigenvalue weighted by Gasteiger charge is 2.12. The summed E-state index contributed by atoms with van der Waals surface area (Å²) in [6.07, 6.45) is 0.508. The molecule has 0 aliphatic rings. The van der Waals surface area contributed by atoms with E-state index in [-0.39, 0.29) is 17.3 Å². The Morgan fingerprint density at radius 1 is 1.00 bits per heavy atom. The van der Waals surface area contributed by atoms with Gasteiger partial charge in [0, 0.05) is 19.3 Å². The number of halogens is 1. The van der Waals surface area contributed by atoms with Gasteiger partial charge < -0.3 is 5.32 Å². The van der Waals surface area contributed by atoms with E-state index in [9.17, 15) is 12.8 Å². The summed E-state index contributed by atoms with van der Waals surface area (Å²) >= 11 is 0. The van der Waals surface area contributed by atoms with Crippen LogP contribution in [-0.2, 0) is 16.4 Å². The van der Waals surface area contributed by atoms with E-state index in [0.717, 1.165) is 11.3 Å². The molecule has 2 aromatic rings. The highest BCUT2D eigenvalue weighted by atomic mass is 32.2. The van der Waals surface area contributed by atoms with Crippen LogP contribution in [0.25, 0.3) is 0 Å². The zero-order valence-electron chi connectivity index (χ0n) is 11.6. The van der Waals surface area contributed by atoms with Crippen LogP contribution in [0.3, 0.4) is 0 Å². The lowest BCUT2D eigenvalue weighted by Gasteiger charge is -2.08. The lowest BCUT2D eigenvalue weighted by Crippen LogP contribution is -2.26.